The van der Waals surface area contributed by atoms with Crippen LogP contribution >= 0.6 is 0 Å². The van der Waals surface area contributed by atoms with E-state index in [-0.39, 0.29) is 23.9 Å². The third-order valence-corrected chi connectivity index (χ3v) is 11.5. The van der Waals surface area contributed by atoms with Crippen LogP contribution in [0.3, 0.4) is 0 Å². The first kappa shape index (κ1) is 45.3. The molecule has 0 aliphatic carbocycles. The van der Waals surface area contributed by atoms with Crippen LogP contribution in [0.5, 0.6) is 0 Å². The summed E-state index contributed by atoms with van der Waals surface area (Å²) in [6, 6.07) is 28.0. The Labute approximate surface area is 384 Å². The lowest BCUT2D eigenvalue weighted by Crippen LogP contribution is -2.44. The van der Waals surface area contributed by atoms with Gasteiger partial charge in [-0.15, -0.1) is 0 Å². The highest BCUT2D eigenvalue weighted by atomic mass is 16.6. The Hall–Kier alpha value is -7.29. The number of nitrogens with one attached hydrogen (secondary N) is 4. The fourth-order valence-corrected chi connectivity index (χ4v) is 8.53. The number of nitrogens with zero attached hydrogens (tertiary/aromatic N) is 5. The number of H-pyrrole nitrogens is 2. The summed E-state index contributed by atoms with van der Waals surface area (Å²) < 4.78 is 11.0. The second-order valence-electron chi connectivity index (χ2n) is 18.7. The van der Waals surface area contributed by atoms with Crippen LogP contribution in [0.25, 0.3) is 33.8 Å². The topological polar surface area (TPSA) is 188 Å². The third kappa shape index (κ3) is 10.6. The van der Waals surface area contributed by atoms with Crippen molar-refractivity contribution in [1.82, 2.24) is 45.4 Å². The van der Waals surface area contributed by atoms with Crippen LogP contribution in [0.15, 0.2) is 116 Å². The maximum absolute atomic E-state index is 14.2. The molecule has 6 aromatic rings. The number of alkyl carbamates (subject to hydrolysis) is 2. The smallest absolute Gasteiger partial charge is 0.408 e. The van der Waals surface area contributed by atoms with Crippen LogP contribution in [-0.4, -0.2) is 83.0 Å². The number of pyridine rings is 1. The fraction of sp³-hybridized carbons (Fsp3) is 0.353. The molecule has 3 aromatic carbocycles. The molecule has 2 saturated heterocycles. The lowest BCUT2D eigenvalue weighted by molar-refractivity contribution is -0.135. The van der Waals surface area contributed by atoms with E-state index in [2.05, 4.69) is 20.6 Å². The standard InChI is InChI=1S/C51H57N9O6/c1-50(2,3)65-48(63)57-42(34-15-9-7-10-16-34)46(61)59-27-13-19-40(59)44-53-30-38(55-44)33-23-21-32(22-24-33)37-26-25-36(29-52-37)39-31-54-45(56-39)41-20-14-28-60(41)47(62)43(35-17-11-8-12-18-35)58-49(64)66-51(4,5)6/h7-12,15-18,21-26,29-31,40-43H,13-14,19-20,27-28H2,1-6H3,(H,53,55)(H,54,56)(H,57,63)(H,58,64)/t40-,41-,42?,43+/m0/s1. The Morgan fingerprint density at radius 3 is 1.41 bits per heavy atom. The number of benzene rings is 3. The van der Waals surface area contributed by atoms with Gasteiger partial charge in [-0.05, 0) is 96.0 Å². The van der Waals surface area contributed by atoms with Gasteiger partial charge in [0.1, 0.15) is 34.9 Å². The number of likely N-dealkylation sites (tertiary alicyclic amines) is 2. The largest absolute Gasteiger partial charge is 0.444 e. The molecular weight excluding hydrogens is 835 g/mol. The van der Waals surface area contributed by atoms with Gasteiger partial charge in [-0.25, -0.2) is 19.6 Å². The van der Waals surface area contributed by atoms with E-state index in [4.69, 9.17) is 24.4 Å². The van der Waals surface area contributed by atoms with Crippen LogP contribution in [0.1, 0.15) is 114 Å². The Bertz CT molecular complexity index is 2450. The molecule has 342 valence electrons. The number of ether oxygens (including phenoxy) is 2. The molecule has 2 aliphatic rings. The summed E-state index contributed by atoms with van der Waals surface area (Å²) in [5.74, 6) is 0.898. The van der Waals surface area contributed by atoms with E-state index in [0.29, 0.717) is 35.9 Å². The zero-order chi connectivity index (χ0) is 46.6. The molecular formula is C51H57N9O6. The first-order valence-electron chi connectivity index (χ1n) is 22.5. The molecule has 0 saturated carbocycles. The van der Waals surface area contributed by atoms with Gasteiger partial charge in [0.25, 0.3) is 11.8 Å². The molecule has 4 atom stereocenters. The van der Waals surface area contributed by atoms with E-state index in [9.17, 15) is 19.2 Å². The molecule has 3 aromatic heterocycles. The van der Waals surface area contributed by atoms with Crippen molar-refractivity contribution in [3.05, 3.63) is 138 Å². The lowest BCUT2D eigenvalue weighted by atomic mass is 10.0. The van der Waals surface area contributed by atoms with Crippen molar-refractivity contribution in [2.24, 2.45) is 0 Å². The SMILES string of the molecule is CC(C)(C)OC(=O)NC(C(=O)N1CCC[C@H]1c1ncc(-c2ccc(-c3ccc(-c4cnc([C@@H]5CCCN5C(=O)[C@H](NC(=O)OC(C)(C)C)c5ccccc5)[nH]4)cn3)cc2)[nH]1)c1ccccc1. The maximum atomic E-state index is 14.2. The summed E-state index contributed by atoms with van der Waals surface area (Å²) in [5, 5.41) is 5.63. The van der Waals surface area contributed by atoms with Gasteiger partial charge < -0.3 is 39.9 Å². The van der Waals surface area contributed by atoms with Gasteiger partial charge in [-0.1, -0.05) is 84.9 Å². The molecule has 1 unspecified atom stereocenters. The van der Waals surface area contributed by atoms with E-state index in [0.717, 1.165) is 59.5 Å². The average molecular weight is 892 g/mol. The maximum Gasteiger partial charge on any atom is 0.408 e. The summed E-state index contributed by atoms with van der Waals surface area (Å²) in [7, 11) is 0. The minimum atomic E-state index is -0.921. The van der Waals surface area contributed by atoms with E-state index in [1.807, 2.05) is 97.1 Å². The van der Waals surface area contributed by atoms with Crippen LogP contribution in [0, 0.1) is 0 Å². The van der Waals surface area contributed by atoms with Crippen LogP contribution in [0.2, 0.25) is 0 Å². The fourth-order valence-electron chi connectivity index (χ4n) is 8.53. The molecule has 5 heterocycles. The Morgan fingerprint density at radius 2 is 0.985 bits per heavy atom. The molecule has 15 heteroatoms. The number of rotatable bonds is 11. The predicted octanol–water partition coefficient (Wildman–Crippen LogP) is 9.39. The molecule has 4 amide bonds. The molecule has 4 N–H and O–H groups in total. The summed E-state index contributed by atoms with van der Waals surface area (Å²) >= 11 is 0. The van der Waals surface area contributed by atoms with E-state index < -0.39 is 35.5 Å². The van der Waals surface area contributed by atoms with Gasteiger partial charge in [-0.3, -0.25) is 14.6 Å². The highest BCUT2D eigenvalue weighted by Gasteiger charge is 2.39. The van der Waals surface area contributed by atoms with Gasteiger partial charge >= 0.3 is 12.2 Å². The van der Waals surface area contributed by atoms with Crippen LogP contribution < -0.4 is 10.6 Å². The molecule has 2 aliphatic heterocycles. The summed E-state index contributed by atoms with van der Waals surface area (Å²) in [6.07, 6.45) is 7.08. The summed E-state index contributed by atoms with van der Waals surface area (Å²) in [5.41, 5.74) is 5.00. The zero-order valence-electron chi connectivity index (χ0n) is 38.2. The molecule has 15 nitrogen and oxygen atoms in total. The minimum Gasteiger partial charge on any atom is -0.444 e. The molecule has 66 heavy (non-hydrogen) atoms. The van der Waals surface area contributed by atoms with Crippen molar-refractivity contribution < 1.29 is 28.7 Å². The Kier molecular flexibility index (Phi) is 13.1. The highest BCUT2D eigenvalue weighted by Crippen LogP contribution is 2.36. The second-order valence-corrected chi connectivity index (χ2v) is 18.7. The number of aromatic amines is 2. The van der Waals surface area contributed by atoms with Crippen molar-refractivity contribution in [1.29, 1.82) is 0 Å². The number of hydrogen-bond acceptors (Lipinski definition) is 9. The molecule has 2 fully saturated rings. The van der Waals surface area contributed by atoms with E-state index in [1.54, 1.807) is 69.9 Å². The normalized spacial score (nSPS) is 17.2. The minimum absolute atomic E-state index is 0.223. The zero-order valence-corrected chi connectivity index (χ0v) is 38.2. The molecule has 0 spiro atoms. The lowest BCUT2D eigenvalue weighted by Gasteiger charge is -2.29. The number of carbonyl (C=O) groups excluding carboxylic acids is 4. The number of carbonyl (C=O) groups is 4. The second kappa shape index (κ2) is 19.0. The van der Waals surface area contributed by atoms with Gasteiger partial charge in [0.05, 0.1) is 41.6 Å². The first-order chi connectivity index (χ1) is 31.6. The molecule has 0 radical (unpaired) electrons. The summed E-state index contributed by atoms with van der Waals surface area (Å²) in [4.78, 5) is 78.8. The number of amides is 4. The van der Waals surface area contributed by atoms with Crippen molar-refractivity contribution in [3.63, 3.8) is 0 Å². The van der Waals surface area contributed by atoms with Crippen molar-refractivity contribution in [2.45, 2.75) is 103 Å². The molecule has 8 rings (SSSR count). The van der Waals surface area contributed by atoms with E-state index >= 15 is 0 Å². The van der Waals surface area contributed by atoms with Crippen LogP contribution in [0.4, 0.5) is 9.59 Å². The van der Waals surface area contributed by atoms with Gasteiger partial charge in [0, 0.05) is 30.4 Å². The highest BCUT2D eigenvalue weighted by molar-refractivity contribution is 5.88. The van der Waals surface area contributed by atoms with Crippen LogP contribution in [-0.2, 0) is 19.1 Å². The van der Waals surface area contributed by atoms with Gasteiger partial charge in [-0.2, -0.15) is 0 Å². The Balaban J connectivity index is 0.922. The quantitative estimate of drug-likeness (QED) is 0.0983. The monoisotopic (exact) mass is 891 g/mol. The number of aromatic nitrogens is 5. The molecule has 0 bridgehead atoms. The van der Waals surface area contributed by atoms with Gasteiger partial charge in [0.15, 0.2) is 0 Å². The average Bonchev–Trinajstić information content (AvgIpc) is 4.14. The first-order valence-corrected chi connectivity index (χ1v) is 22.5. The van der Waals surface area contributed by atoms with Crippen molar-refractivity contribution in [3.8, 4) is 33.8 Å². The number of hydrogen-bond donors (Lipinski definition) is 4. The van der Waals surface area contributed by atoms with Crippen molar-refractivity contribution in [2.75, 3.05) is 13.1 Å². The number of imidazole rings is 2. The Morgan fingerprint density at radius 1 is 0.561 bits per heavy atom. The van der Waals surface area contributed by atoms with Crippen molar-refractivity contribution >= 4 is 24.0 Å². The third-order valence-electron chi connectivity index (χ3n) is 11.5. The van der Waals surface area contributed by atoms with E-state index in [1.165, 1.54) is 0 Å². The predicted molar refractivity (Wildman–Crippen MR) is 249 cm³/mol. The summed E-state index contributed by atoms with van der Waals surface area (Å²) in [6.45, 7) is 11.8. The van der Waals surface area contributed by atoms with Gasteiger partial charge in [0.2, 0.25) is 0 Å².